The first-order valence-corrected chi connectivity index (χ1v) is 12.9. The van der Waals surface area contributed by atoms with E-state index in [-0.39, 0.29) is 25.0 Å². The van der Waals surface area contributed by atoms with Crippen LogP contribution in [0.15, 0.2) is 83.3 Å². The maximum atomic E-state index is 13.6. The van der Waals surface area contributed by atoms with Gasteiger partial charge in [0.2, 0.25) is 5.91 Å². The van der Waals surface area contributed by atoms with Gasteiger partial charge in [-0.25, -0.2) is 0 Å². The second-order valence-electron chi connectivity index (χ2n) is 8.47. The number of halogens is 1. The number of hydrogen-bond acceptors (Lipinski definition) is 4. The lowest BCUT2D eigenvalue weighted by Crippen LogP contribution is -2.51. The molecule has 3 aromatic carbocycles. The van der Waals surface area contributed by atoms with Crippen molar-refractivity contribution in [2.24, 2.45) is 0 Å². The maximum Gasteiger partial charge on any atom is 0.261 e. The van der Waals surface area contributed by atoms with Crippen LogP contribution in [-0.4, -0.2) is 43.0 Å². The maximum absolute atomic E-state index is 13.6. The number of amides is 2. The first kappa shape index (κ1) is 27.3. The Hall–Kier alpha value is -3.32. The van der Waals surface area contributed by atoms with E-state index in [1.165, 1.54) is 0 Å². The van der Waals surface area contributed by atoms with E-state index in [4.69, 9.17) is 9.47 Å². The zero-order valence-corrected chi connectivity index (χ0v) is 22.4. The van der Waals surface area contributed by atoms with Gasteiger partial charge in [0.1, 0.15) is 17.5 Å². The van der Waals surface area contributed by atoms with Crippen LogP contribution in [0.1, 0.15) is 30.9 Å². The number of unbranched alkanes of at least 4 members (excludes halogenated alkanes) is 1. The average Bonchev–Trinajstić information content (AvgIpc) is 2.91. The van der Waals surface area contributed by atoms with Crippen LogP contribution in [-0.2, 0) is 22.6 Å². The van der Waals surface area contributed by atoms with Gasteiger partial charge in [0.25, 0.3) is 5.91 Å². The van der Waals surface area contributed by atoms with Gasteiger partial charge in [0, 0.05) is 24.0 Å². The van der Waals surface area contributed by atoms with Crippen molar-refractivity contribution in [2.45, 2.75) is 38.8 Å². The molecular weight excluding hydrogens is 520 g/mol. The van der Waals surface area contributed by atoms with Crippen LogP contribution in [0.4, 0.5) is 0 Å². The van der Waals surface area contributed by atoms with Gasteiger partial charge in [-0.1, -0.05) is 71.7 Å². The van der Waals surface area contributed by atoms with Crippen molar-refractivity contribution in [2.75, 3.05) is 20.3 Å². The fraction of sp³-hybridized carbons (Fsp3) is 0.310. The molecule has 190 valence electrons. The lowest BCUT2D eigenvalue weighted by atomic mass is 10.0. The Labute approximate surface area is 221 Å². The van der Waals surface area contributed by atoms with Gasteiger partial charge < -0.3 is 19.7 Å². The number of nitrogens with zero attached hydrogens (tertiary/aromatic N) is 1. The SMILES string of the molecule is CCCCNC(=O)[C@H](Cc1ccccc1)N(Cc1cccc(OC)c1)C(=O)COc1ccc(Br)cc1. The average molecular weight is 553 g/mol. The quantitative estimate of drug-likeness (QED) is 0.288. The van der Waals surface area contributed by atoms with Crippen molar-refractivity contribution in [3.8, 4) is 11.5 Å². The molecule has 0 aliphatic heterocycles. The molecule has 7 heteroatoms. The molecular formula is C29H33BrN2O4. The van der Waals surface area contributed by atoms with Crippen molar-refractivity contribution in [1.29, 1.82) is 0 Å². The number of carbonyl (C=O) groups excluding carboxylic acids is 2. The molecule has 0 aliphatic carbocycles. The highest BCUT2D eigenvalue weighted by atomic mass is 79.9. The number of nitrogens with one attached hydrogen (secondary N) is 1. The highest BCUT2D eigenvalue weighted by Gasteiger charge is 2.30. The van der Waals surface area contributed by atoms with Crippen LogP contribution in [0.3, 0.4) is 0 Å². The first-order chi connectivity index (χ1) is 17.5. The third-order valence-electron chi connectivity index (χ3n) is 5.76. The van der Waals surface area contributed by atoms with Crippen molar-refractivity contribution >= 4 is 27.7 Å². The van der Waals surface area contributed by atoms with Gasteiger partial charge in [0.05, 0.1) is 7.11 Å². The molecule has 0 aromatic heterocycles. The second kappa shape index (κ2) is 14.3. The number of hydrogen-bond donors (Lipinski definition) is 1. The van der Waals surface area contributed by atoms with E-state index < -0.39 is 6.04 Å². The van der Waals surface area contributed by atoms with Crippen LogP contribution < -0.4 is 14.8 Å². The van der Waals surface area contributed by atoms with Crippen LogP contribution in [0.25, 0.3) is 0 Å². The molecule has 3 aromatic rings. The molecule has 6 nitrogen and oxygen atoms in total. The highest BCUT2D eigenvalue weighted by molar-refractivity contribution is 9.10. The lowest BCUT2D eigenvalue weighted by molar-refractivity contribution is -0.142. The van der Waals surface area contributed by atoms with E-state index >= 15 is 0 Å². The molecule has 0 saturated carbocycles. The van der Waals surface area contributed by atoms with Crippen LogP contribution in [0.5, 0.6) is 11.5 Å². The molecule has 0 fully saturated rings. The normalized spacial score (nSPS) is 11.4. The molecule has 0 heterocycles. The first-order valence-electron chi connectivity index (χ1n) is 12.1. The molecule has 3 rings (SSSR count). The largest absolute Gasteiger partial charge is 0.497 e. The number of ether oxygens (including phenoxy) is 2. The molecule has 0 bridgehead atoms. The summed E-state index contributed by atoms with van der Waals surface area (Å²) in [5.41, 5.74) is 1.84. The minimum atomic E-state index is -0.698. The van der Waals surface area contributed by atoms with Crippen LogP contribution in [0, 0.1) is 0 Å². The van der Waals surface area contributed by atoms with Gasteiger partial charge in [-0.2, -0.15) is 0 Å². The Bertz CT molecular complexity index is 1110. The summed E-state index contributed by atoms with van der Waals surface area (Å²) in [5, 5.41) is 3.02. The van der Waals surface area contributed by atoms with Crippen molar-refractivity contribution in [3.63, 3.8) is 0 Å². The number of benzene rings is 3. The van der Waals surface area contributed by atoms with Gasteiger partial charge >= 0.3 is 0 Å². The van der Waals surface area contributed by atoms with E-state index in [1.807, 2.05) is 66.7 Å². The van der Waals surface area contributed by atoms with E-state index in [0.717, 1.165) is 28.4 Å². The topological polar surface area (TPSA) is 67.9 Å². The molecule has 0 unspecified atom stereocenters. The van der Waals surface area contributed by atoms with Crippen molar-refractivity contribution < 1.29 is 19.1 Å². The zero-order valence-electron chi connectivity index (χ0n) is 20.8. The molecule has 0 spiro atoms. The minimum absolute atomic E-state index is 0.174. The highest BCUT2D eigenvalue weighted by Crippen LogP contribution is 2.20. The third kappa shape index (κ3) is 8.41. The Morgan fingerprint density at radius 3 is 2.36 bits per heavy atom. The fourth-order valence-electron chi connectivity index (χ4n) is 3.79. The molecule has 36 heavy (non-hydrogen) atoms. The summed E-state index contributed by atoms with van der Waals surface area (Å²) < 4.78 is 12.1. The van der Waals surface area contributed by atoms with E-state index in [9.17, 15) is 9.59 Å². The summed E-state index contributed by atoms with van der Waals surface area (Å²) in [4.78, 5) is 28.6. The van der Waals surface area contributed by atoms with Gasteiger partial charge in [-0.3, -0.25) is 9.59 Å². The standard InChI is InChI=1S/C29H33BrN2O4/c1-3-4-17-31-29(34)27(19-22-9-6-5-7-10-22)32(20-23-11-8-12-26(18-23)35-2)28(33)21-36-25-15-13-24(30)14-16-25/h5-16,18,27H,3-4,17,19-21H2,1-2H3,(H,31,34)/t27-/m0/s1. The van der Waals surface area contributed by atoms with E-state index in [0.29, 0.717) is 24.5 Å². The van der Waals surface area contributed by atoms with E-state index in [1.54, 1.807) is 24.1 Å². The van der Waals surface area contributed by atoms with Crippen molar-refractivity contribution in [3.05, 3.63) is 94.5 Å². The molecule has 1 atom stereocenters. The lowest BCUT2D eigenvalue weighted by Gasteiger charge is -2.31. The number of methoxy groups -OCH3 is 1. The smallest absolute Gasteiger partial charge is 0.261 e. The zero-order chi connectivity index (χ0) is 25.8. The summed E-state index contributed by atoms with van der Waals surface area (Å²) in [6, 6.07) is 23.9. The third-order valence-corrected chi connectivity index (χ3v) is 6.29. The summed E-state index contributed by atoms with van der Waals surface area (Å²) in [6.45, 7) is 2.71. The second-order valence-corrected chi connectivity index (χ2v) is 9.38. The molecule has 0 saturated heterocycles. The fourth-order valence-corrected chi connectivity index (χ4v) is 4.05. The van der Waals surface area contributed by atoms with Crippen molar-refractivity contribution in [1.82, 2.24) is 10.2 Å². The van der Waals surface area contributed by atoms with Gasteiger partial charge in [0.15, 0.2) is 6.61 Å². The minimum Gasteiger partial charge on any atom is -0.497 e. The Kier molecular flexibility index (Phi) is 10.8. The summed E-state index contributed by atoms with van der Waals surface area (Å²) >= 11 is 3.40. The molecule has 0 aliphatic rings. The predicted molar refractivity (Wildman–Crippen MR) is 145 cm³/mol. The Morgan fingerprint density at radius 2 is 1.67 bits per heavy atom. The summed E-state index contributed by atoms with van der Waals surface area (Å²) in [6.07, 6.45) is 2.24. The van der Waals surface area contributed by atoms with E-state index in [2.05, 4.69) is 28.2 Å². The summed E-state index contributed by atoms with van der Waals surface area (Å²) in [7, 11) is 1.60. The Balaban J connectivity index is 1.89. The van der Waals surface area contributed by atoms with Crippen LogP contribution >= 0.6 is 15.9 Å². The molecule has 0 radical (unpaired) electrons. The molecule has 1 N–H and O–H groups in total. The monoisotopic (exact) mass is 552 g/mol. The summed E-state index contributed by atoms with van der Waals surface area (Å²) in [5.74, 6) is 0.831. The van der Waals surface area contributed by atoms with Gasteiger partial charge in [-0.15, -0.1) is 0 Å². The van der Waals surface area contributed by atoms with Gasteiger partial charge in [-0.05, 0) is 53.9 Å². The predicted octanol–water partition coefficient (Wildman–Crippen LogP) is 5.39. The number of rotatable bonds is 13. The molecule has 2 amide bonds. The Morgan fingerprint density at radius 1 is 0.944 bits per heavy atom. The van der Waals surface area contributed by atoms with Crippen LogP contribution in [0.2, 0.25) is 0 Å². The number of carbonyl (C=O) groups is 2.